The molecule has 0 aromatic heterocycles. The van der Waals surface area contributed by atoms with Gasteiger partial charge in [-0.3, -0.25) is 0 Å². The molecule has 0 saturated carbocycles. The van der Waals surface area contributed by atoms with Crippen LogP contribution in [0.25, 0.3) is 0 Å². The maximum Gasteiger partial charge on any atom is 0.144 e. The van der Waals surface area contributed by atoms with E-state index in [1.165, 1.54) is 0 Å². The number of hydrogen-bond donors (Lipinski definition) is 3. The molecule has 0 aliphatic heterocycles. The number of rotatable bonds is 3. The molecule has 0 bridgehead atoms. The fourth-order valence-electron chi connectivity index (χ4n) is 1.22. The van der Waals surface area contributed by atoms with Gasteiger partial charge in [0.2, 0.25) is 0 Å². The third-order valence-corrected chi connectivity index (χ3v) is 4.06. The van der Waals surface area contributed by atoms with Gasteiger partial charge in [-0.15, -0.1) is 12.4 Å². The number of aliphatic hydroxyl groups is 1. The van der Waals surface area contributed by atoms with Crippen LogP contribution in [-0.2, 0) is 0 Å². The zero-order valence-electron chi connectivity index (χ0n) is 8.08. The van der Waals surface area contributed by atoms with Crippen LogP contribution < -0.4 is 5.73 Å². The molecule has 3 nitrogen and oxygen atoms in total. The fourth-order valence-corrected chi connectivity index (χ4v) is 3.93. The molecule has 0 saturated heterocycles. The molecule has 0 heterocycles. The minimum atomic E-state index is -0.322. The molecule has 1 aromatic carbocycles. The van der Waals surface area contributed by atoms with E-state index >= 15 is 0 Å². The summed E-state index contributed by atoms with van der Waals surface area (Å²) in [5, 5.41) is 18.5. The van der Waals surface area contributed by atoms with Crippen molar-refractivity contribution < 1.29 is 10.2 Å². The van der Waals surface area contributed by atoms with E-state index in [2.05, 4.69) is 47.8 Å². The predicted molar refractivity (Wildman–Crippen MR) is 77.1 cm³/mol. The first-order valence-electron chi connectivity index (χ1n) is 4.21. The molecule has 4 N–H and O–H groups in total. The van der Waals surface area contributed by atoms with Crippen molar-refractivity contribution in [2.24, 2.45) is 5.73 Å². The first-order valence-corrected chi connectivity index (χ1v) is 6.59. The van der Waals surface area contributed by atoms with Crippen LogP contribution in [0.5, 0.6) is 5.75 Å². The maximum atomic E-state index is 9.70. The topological polar surface area (TPSA) is 66.5 Å². The van der Waals surface area contributed by atoms with Crippen molar-refractivity contribution in [2.45, 2.75) is 12.5 Å². The van der Waals surface area contributed by atoms with Crippen molar-refractivity contribution >= 4 is 60.2 Å². The molecule has 1 rings (SSSR count). The third-order valence-electron chi connectivity index (χ3n) is 1.99. The molecule has 16 heavy (non-hydrogen) atoms. The van der Waals surface area contributed by atoms with Gasteiger partial charge in [0.05, 0.1) is 8.95 Å². The number of phenols is 1. The number of phenolic OH excluding ortho intramolecular Hbond substituents is 1. The average Bonchev–Trinajstić information content (AvgIpc) is 2.15. The van der Waals surface area contributed by atoms with E-state index in [9.17, 15) is 5.11 Å². The first kappa shape index (κ1) is 16.7. The number of aliphatic hydroxyl groups excluding tert-OH is 1. The summed E-state index contributed by atoms with van der Waals surface area (Å²) >= 11 is 9.87. The fraction of sp³-hybridized carbons (Fsp3) is 0.333. The first-order chi connectivity index (χ1) is 6.99. The summed E-state index contributed by atoms with van der Waals surface area (Å²) in [6, 6.07) is 1.41. The molecule has 92 valence electrons. The number of benzene rings is 1. The smallest absolute Gasteiger partial charge is 0.144 e. The van der Waals surface area contributed by atoms with E-state index in [1.807, 2.05) is 0 Å². The Morgan fingerprint density at radius 3 is 2.31 bits per heavy atom. The number of hydrogen-bond acceptors (Lipinski definition) is 3. The van der Waals surface area contributed by atoms with E-state index in [0.717, 1.165) is 10.0 Å². The molecule has 0 unspecified atom stereocenters. The predicted octanol–water partition coefficient (Wildman–Crippen LogP) is 3.48. The number of nitrogens with two attached hydrogens (primary N) is 1. The zero-order chi connectivity index (χ0) is 11.6. The van der Waals surface area contributed by atoms with Crippen LogP contribution in [0.2, 0.25) is 0 Å². The molecular weight excluding hydrogens is 429 g/mol. The lowest BCUT2D eigenvalue weighted by Gasteiger charge is -2.16. The Balaban J connectivity index is 0.00000225. The van der Waals surface area contributed by atoms with E-state index in [0.29, 0.717) is 15.4 Å². The van der Waals surface area contributed by atoms with Crippen LogP contribution in [-0.4, -0.2) is 16.8 Å². The van der Waals surface area contributed by atoms with Gasteiger partial charge in [-0.1, -0.05) is 15.9 Å². The Morgan fingerprint density at radius 2 is 1.81 bits per heavy atom. The van der Waals surface area contributed by atoms with Gasteiger partial charge in [-0.2, -0.15) is 0 Å². The Bertz CT molecular complexity index is 376. The van der Waals surface area contributed by atoms with Crippen molar-refractivity contribution in [1.29, 1.82) is 0 Å². The SMILES string of the molecule is Cl.N[C@@H](CCO)c1c(Br)cc(Br)c(O)c1Br. The van der Waals surface area contributed by atoms with Gasteiger partial charge in [-0.25, -0.2) is 0 Å². The normalized spacial score (nSPS) is 12.1. The number of halogens is 4. The second-order valence-electron chi connectivity index (χ2n) is 3.04. The minimum absolute atomic E-state index is 0. The Kier molecular flexibility index (Phi) is 7.48. The Labute approximate surface area is 125 Å². The molecular formula is C9H11Br3ClNO2. The summed E-state index contributed by atoms with van der Waals surface area (Å²) in [6.07, 6.45) is 0.443. The third kappa shape index (κ3) is 3.58. The summed E-state index contributed by atoms with van der Waals surface area (Å²) in [4.78, 5) is 0. The molecule has 0 radical (unpaired) electrons. The van der Waals surface area contributed by atoms with Crippen LogP contribution in [0.4, 0.5) is 0 Å². The summed E-state index contributed by atoms with van der Waals surface area (Å²) in [6.45, 7) is 0.0108. The van der Waals surface area contributed by atoms with Crippen molar-refractivity contribution in [3.05, 3.63) is 25.0 Å². The van der Waals surface area contributed by atoms with Gasteiger partial charge in [-0.05, 0) is 44.3 Å². The largest absolute Gasteiger partial charge is 0.506 e. The van der Waals surface area contributed by atoms with E-state index in [1.54, 1.807) is 6.07 Å². The maximum absolute atomic E-state index is 9.70. The molecule has 0 aliphatic carbocycles. The highest BCUT2D eigenvalue weighted by atomic mass is 79.9. The Morgan fingerprint density at radius 1 is 1.25 bits per heavy atom. The van der Waals surface area contributed by atoms with Gasteiger partial charge >= 0.3 is 0 Å². The molecule has 1 atom stereocenters. The van der Waals surface area contributed by atoms with Crippen molar-refractivity contribution in [2.75, 3.05) is 6.61 Å². The van der Waals surface area contributed by atoms with Crippen molar-refractivity contribution in [3.63, 3.8) is 0 Å². The monoisotopic (exact) mass is 437 g/mol. The zero-order valence-corrected chi connectivity index (χ0v) is 13.7. The standard InChI is InChI=1S/C9H10Br3NO2.ClH/c10-4-3-5(11)9(15)8(12)7(4)6(13)1-2-14;/h3,6,14-15H,1-2,13H2;1H/t6-;/m0./s1. The highest BCUT2D eigenvalue weighted by Gasteiger charge is 2.18. The van der Waals surface area contributed by atoms with Gasteiger partial charge in [0.15, 0.2) is 0 Å². The van der Waals surface area contributed by atoms with E-state index < -0.39 is 0 Å². The summed E-state index contributed by atoms with van der Waals surface area (Å²) in [5.41, 5.74) is 6.63. The summed E-state index contributed by atoms with van der Waals surface area (Å²) in [5.74, 6) is 0.113. The van der Waals surface area contributed by atoms with Gasteiger partial charge < -0.3 is 15.9 Å². The highest BCUT2D eigenvalue weighted by molar-refractivity contribution is 9.11. The van der Waals surface area contributed by atoms with Gasteiger partial charge in [0.1, 0.15) is 5.75 Å². The lowest BCUT2D eigenvalue weighted by molar-refractivity contribution is 0.276. The molecule has 0 spiro atoms. The molecule has 1 aromatic rings. The lowest BCUT2D eigenvalue weighted by atomic mass is 10.0. The highest BCUT2D eigenvalue weighted by Crippen LogP contribution is 2.42. The van der Waals surface area contributed by atoms with E-state index in [-0.39, 0.29) is 30.8 Å². The van der Waals surface area contributed by atoms with Crippen LogP contribution >= 0.6 is 60.2 Å². The van der Waals surface area contributed by atoms with Gasteiger partial charge in [0.25, 0.3) is 0 Å². The Hall–Kier alpha value is 0.670. The second-order valence-corrected chi connectivity index (χ2v) is 5.54. The molecule has 0 amide bonds. The summed E-state index contributed by atoms with van der Waals surface area (Å²) in [7, 11) is 0. The van der Waals surface area contributed by atoms with Crippen LogP contribution in [0.1, 0.15) is 18.0 Å². The minimum Gasteiger partial charge on any atom is -0.506 e. The second kappa shape index (κ2) is 7.18. The molecule has 0 fully saturated rings. The lowest BCUT2D eigenvalue weighted by Crippen LogP contribution is -2.13. The number of aromatic hydroxyl groups is 1. The quantitative estimate of drug-likeness (QED) is 0.675. The summed E-state index contributed by atoms with van der Waals surface area (Å²) < 4.78 is 1.92. The van der Waals surface area contributed by atoms with Crippen LogP contribution in [0, 0.1) is 0 Å². The van der Waals surface area contributed by atoms with E-state index in [4.69, 9.17) is 10.8 Å². The average molecular weight is 440 g/mol. The van der Waals surface area contributed by atoms with Gasteiger partial charge in [0, 0.05) is 22.7 Å². The van der Waals surface area contributed by atoms with Crippen molar-refractivity contribution in [3.8, 4) is 5.75 Å². The van der Waals surface area contributed by atoms with Crippen LogP contribution in [0.3, 0.4) is 0 Å². The molecule has 0 aliphatic rings. The molecule has 7 heteroatoms. The van der Waals surface area contributed by atoms with Crippen molar-refractivity contribution in [1.82, 2.24) is 0 Å². The van der Waals surface area contributed by atoms with Crippen LogP contribution in [0.15, 0.2) is 19.5 Å².